The van der Waals surface area contributed by atoms with Crippen LogP contribution in [-0.4, -0.2) is 33.1 Å². The van der Waals surface area contributed by atoms with E-state index in [1.54, 1.807) is 18.5 Å². The van der Waals surface area contributed by atoms with Gasteiger partial charge in [-0.15, -0.1) is 10.2 Å². The van der Waals surface area contributed by atoms with Crippen LogP contribution in [0.4, 0.5) is 33.3 Å². The van der Waals surface area contributed by atoms with Crippen LogP contribution in [0.1, 0.15) is 49.3 Å². The van der Waals surface area contributed by atoms with Gasteiger partial charge in [-0.3, -0.25) is 9.59 Å². The third-order valence-corrected chi connectivity index (χ3v) is 7.33. The fourth-order valence-corrected chi connectivity index (χ4v) is 5.27. The molecule has 4 aromatic rings. The van der Waals surface area contributed by atoms with Gasteiger partial charge >= 0.3 is 6.18 Å². The van der Waals surface area contributed by atoms with Gasteiger partial charge in [0.05, 0.1) is 18.2 Å². The van der Waals surface area contributed by atoms with Crippen molar-refractivity contribution in [1.29, 1.82) is 0 Å². The van der Waals surface area contributed by atoms with Gasteiger partial charge in [0.15, 0.2) is 5.82 Å². The number of alkyl halides is 3. The Labute approximate surface area is 233 Å². The first-order valence-corrected chi connectivity index (χ1v) is 12.6. The molecule has 210 valence electrons. The first-order valence-electron chi connectivity index (χ1n) is 12.2. The SMILES string of the molecule is O=C(Nc1cc(N2CCn3cnnc3C2)cc2c1C(c1cc(F)ccc1Cl)NC2=O)c1cc(F)cc(C(F)(F)F)c1. The highest BCUT2D eigenvalue weighted by Gasteiger charge is 2.36. The molecule has 1 unspecified atom stereocenters. The van der Waals surface area contributed by atoms with Gasteiger partial charge in [-0.2, -0.15) is 13.2 Å². The normalized spacial score (nSPS) is 16.3. The van der Waals surface area contributed by atoms with E-state index in [0.717, 1.165) is 12.1 Å². The molecule has 2 amide bonds. The van der Waals surface area contributed by atoms with Crippen LogP contribution >= 0.6 is 11.6 Å². The number of anilines is 2. The quantitative estimate of drug-likeness (QED) is 0.314. The summed E-state index contributed by atoms with van der Waals surface area (Å²) in [6, 6.07) is 7.26. The number of hydrogen-bond donors (Lipinski definition) is 2. The van der Waals surface area contributed by atoms with Gasteiger partial charge in [-0.1, -0.05) is 11.6 Å². The highest BCUT2D eigenvalue weighted by atomic mass is 35.5. The zero-order valence-electron chi connectivity index (χ0n) is 20.8. The van der Waals surface area contributed by atoms with E-state index in [1.807, 2.05) is 9.47 Å². The van der Waals surface area contributed by atoms with E-state index in [9.17, 15) is 31.5 Å². The molecule has 0 aliphatic carbocycles. The maximum absolute atomic E-state index is 14.2. The fourth-order valence-electron chi connectivity index (χ4n) is 5.04. The van der Waals surface area contributed by atoms with Gasteiger partial charge in [0.1, 0.15) is 18.0 Å². The second-order valence-electron chi connectivity index (χ2n) is 9.57. The molecule has 41 heavy (non-hydrogen) atoms. The molecule has 0 spiro atoms. The van der Waals surface area contributed by atoms with Gasteiger partial charge in [0, 0.05) is 51.7 Å². The average Bonchev–Trinajstić information content (AvgIpc) is 3.53. The zero-order chi connectivity index (χ0) is 29.1. The third kappa shape index (κ3) is 4.97. The predicted molar refractivity (Wildman–Crippen MR) is 138 cm³/mol. The Morgan fingerprint density at radius 3 is 2.63 bits per heavy atom. The predicted octanol–water partition coefficient (Wildman–Crippen LogP) is 5.33. The van der Waals surface area contributed by atoms with Gasteiger partial charge in [-0.25, -0.2) is 8.78 Å². The molecule has 14 heteroatoms. The van der Waals surface area contributed by atoms with Crippen LogP contribution in [0.5, 0.6) is 0 Å². The number of nitrogens with zero attached hydrogens (tertiary/aromatic N) is 4. The van der Waals surface area contributed by atoms with Crippen molar-refractivity contribution in [2.75, 3.05) is 16.8 Å². The molecule has 0 bridgehead atoms. The van der Waals surface area contributed by atoms with Crippen LogP contribution < -0.4 is 15.5 Å². The van der Waals surface area contributed by atoms with Crippen molar-refractivity contribution in [1.82, 2.24) is 20.1 Å². The van der Waals surface area contributed by atoms with Crippen LogP contribution in [-0.2, 0) is 19.3 Å². The zero-order valence-corrected chi connectivity index (χ0v) is 21.5. The molecule has 0 fully saturated rings. The number of carbonyl (C=O) groups excluding carboxylic acids is 2. The maximum atomic E-state index is 14.2. The first kappa shape index (κ1) is 26.7. The van der Waals surface area contributed by atoms with Gasteiger partial charge in [0.2, 0.25) is 0 Å². The molecule has 8 nitrogen and oxygen atoms in total. The van der Waals surface area contributed by atoms with E-state index in [1.165, 1.54) is 6.07 Å². The number of aromatic nitrogens is 3. The van der Waals surface area contributed by atoms with Crippen LogP contribution in [0.25, 0.3) is 0 Å². The number of amides is 2. The molecule has 0 radical (unpaired) electrons. The number of halogens is 6. The minimum atomic E-state index is -4.89. The maximum Gasteiger partial charge on any atom is 0.416 e. The Hall–Kier alpha value is -4.52. The summed E-state index contributed by atoms with van der Waals surface area (Å²) in [6.45, 7) is 1.36. The Morgan fingerprint density at radius 2 is 1.85 bits per heavy atom. The minimum absolute atomic E-state index is 0.0519. The summed E-state index contributed by atoms with van der Waals surface area (Å²) >= 11 is 6.34. The summed E-state index contributed by atoms with van der Waals surface area (Å²) < 4.78 is 70.1. The third-order valence-electron chi connectivity index (χ3n) is 6.98. The molecule has 6 rings (SSSR count). The number of fused-ring (bicyclic) bond motifs is 2. The molecule has 1 aromatic heterocycles. The topological polar surface area (TPSA) is 92.2 Å². The van der Waals surface area contributed by atoms with Gasteiger partial charge < -0.3 is 20.1 Å². The van der Waals surface area contributed by atoms with E-state index in [2.05, 4.69) is 20.8 Å². The summed E-state index contributed by atoms with van der Waals surface area (Å²) in [7, 11) is 0. The highest BCUT2D eigenvalue weighted by Crippen LogP contribution is 2.42. The van der Waals surface area contributed by atoms with Crippen molar-refractivity contribution >= 4 is 34.8 Å². The molecular formula is C27H18ClF5N6O2. The monoisotopic (exact) mass is 588 g/mol. The number of nitrogens with one attached hydrogen (secondary N) is 2. The summed E-state index contributed by atoms with van der Waals surface area (Å²) in [5.74, 6) is -2.78. The summed E-state index contributed by atoms with van der Waals surface area (Å²) in [5, 5.41) is 13.4. The molecule has 1 atom stereocenters. The Balaban J connectivity index is 1.46. The smallest absolute Gasteiger partial charge is 0.362 e. The number of rotatable bonds is 4. The standard InChI is InChI=1S/C27H18ClF5N6O2/c28-20-2-1-15(29)8-18(20)24-23-19(26(41)36-24)9-17(38-3-4-39-12-34-37-22(39)11-38)10-21(23)35-25(40)13-5-14(27(31,32)33)7-16(30)6-13/h1-2,5-10,12,24H,3-4,11H2,(H,35,40)(H,36,41). The van der Waals surface area contributed by atoms with Crippen LogP contribution in [0, 0.1) is 11.6 Å². The van der Waals surface area contributed by atoms with Crippen molar-refractivity contribution in [2.24, 2.45) is 0 Å². The largest absolute Gasteiger partial charge is 0.416 e. The van der Waals surface area contributed by atoms with Crippen molar-refractivity contribution in [3.8, 4) is 0 Å². The lowest BCUT2D eigenvalue weighted by atomic mass is 9.95. The lowest BCUT2D eigenvalue weighted by Crippen LogP contribution is -2.33. The number of benzene rings is 3. The highest BCUT2D eigenvalue weighted by molar-refractivity contribution is 6.31. The van der Waals surface area contributed by atoms with E-state index >= 15 is 0 Å². The lowest BCUT2D eigenvalue weighted by molar-refractivity contribution is -0.137. The van der Waals surface area contributed by atoms with E-state index in [0.29, 0.717) is 43.3 Å². The van der Waals surface area contributed by atoms with Crippen LogP contribution in [0.15, 0.2) is 54.9 Å². The Kier molecular flexibility index (Phi) is 6.40. The van der Waals surface area contributed by atoms with E-state index < -0.39 is 46.8 Å². The summed E-state index contributed by atoms with van der Waals surface area (Å²) in [4.78, 5) is 28.3. The van der Waals surface area contributed by atoms with Crippen molar-refractivity contribution in [3.63, 3.8) is 0 Å². The van der Waals surface area contributed by atoms with Gasteiger partial charge in [-0.05, 0) is 48.5 Å². The molecule has 3 heterocycles. The average molecular weight is 589 g/mol. The summed E-state index contributed by atoms with van der Waals surface area (Å²) in [5.41, 5.74) is -0.781. The van der Waals surface area contributed by atoms with Crippen molar-refractivity contribution in [3.05, 3.63) is 105 Å². The van der Waals surface area contributed by atoms with Crippen LogP contribution in [0.2, 0.25) is 5.02 Å². The lowest BCUT2D eigenvalue weighted by Gasteiger charge is -2.30. The first-order chi connectivity index (χ1) is 19.5. The van der Waals surface area contributed by atoms with Crippen LogP contribution in [0.3, 0.4) is 0 Å². The second kappa shape index (κ2) is 9.84. The molecule has 0 saturated heterocycles. The van der Waals surface area contributed by atoms with Crippen molar-refractivity contribution in [2.45, 2.75) is 25.3 Å². The number of hydrogen-bond acceptors (Lipinski definition) is 5. The molecule has 0 saturated carbocycles. The molecule has 2 aliphatic rings. The Morgan fingerprint density at radius 1 is 1.05 bits per heavy atom. The minimum Gasteiger partial charge on any atom is -0.362 e. The van der Waals surface area contributed by atoms with E-state index in [4.69, 9.17) is 11.6 Å². The fraction of sp³-hybridized carbons (Fsp3) is 0.185. The Bertz CT molecular complexity index is 1720. The second-order valence-corrected chi connectivity index (χ2v) is 9.98. The molecular weight excluding hydrogens is 571 g/mol. The molecule has 3 aromatic carbocycles. The number of carbonyl (C=O) groups is 2. The summed E-state index contributed by atoms with van der Waals surface area (Å²) in [6.07, 6.45) is -3.29. The van der Waals surface area contributed by atoms with Crippen molar-refractivity contribution < 1.29 is 31.5 Å². The van der Waals surface area contributed by atoms with E-state index in [-0.39, 0.29) is 33.5 Å². The van der Waals surface area contributed by atoms with Gasteiger partial charge in [0.25, 0.3) is 11.8 Å². The molecule has 2 aliphatic heterocycles. The molecule has 2 N–H and O–H groups in total.